The number of aliphatic hydroxyl groups excluding tert-OH is 1. The minimum Gasteiger partial charge on any atom is -0.507 e. The average Bonchev–Trinajstić information content (AvgIpc) is 2.71. The van der Waals surface area contributed by atoms with E-state index in [4.69, 9.17) is 9.47 Å². The van der Waals surface area contributed by atoms with E-state index in [0.717, 1.165) is 24.0 Å². The van der Waals surface area contributed by atoms with E-state index in [1.165, 1.54) is 13.2 Å². The highest BCUT2D eigenvalue weighted by Gasteiger charge is 2.27. The van der Waals surface area contributed by atoms with Crippen LogP contribution in [-0.2, 0) is 16.0 Å². The smallest absolute Gasteiger partial charge is 0.311 e. The Hall–Kier alpha value is -2.86. The van der Waals surface area contributed by atoms with Crippen LogP contribution in [0.5, 0.6) is 11.5 Å². The molecule has 2 aromatic rings. The van der Waals surface area contributed by atoms with Gasteiger partial charge in [-0.2, -0.15) is 0 Å². The molecule has 2 N–H and O–H groups in total. The fourth-order valence-corrected chi connectivity index (χ4v) is 3.28. The van der Waals surface area contributed by atoms with E-state index < -0.39 is 18.0 Å². The zero-order valence-corrected chi connectivity index (χ0v) is 15.2. The van der Waals surface area contributed by atoms with Gasteiger partial charge in [0.2, 0.25) is 0 Å². The van der Waals surface area contributed by atoms with Crippen LogP contribution in [0.2, 0.25) is 0 Å². The van der Waals surface area contributed by atoms with Gasteiger partial charge in [-0.25, -0.2) is 0 Å². The van der Waals surface area contributed by atoms with Gasteiger partial charge < -0.3 is 19.7 Å². The zero-order chi connectivity index (χ0) is 19.6. The number of hydrogen-bond donors (Lipinski definition) is 2. The summed E-state index contributed by atoms with van der Waals surface area (Å²) in [5.41, 5.74) is 2.61. The van der Waals surface area contributed by atoms with E-state index in [2.05, 4.69) is 0 Å². The summed E-state index contributed by atoms with van der Waals surface area (Å²) < 4.78 is 10.8. The predicted octanol–water partition coefficient (Wildman–Crippen LogP) is 3.11. The highest BCUT2D eigenvalue weighted by atomic mass is 16.5. The van der Waals surface area contributed by atoms with Gasteiger partial charge in [-0.05, 0) is 54.7 Å². The predicted molar refractivity (Wildman–Crippen MR) is 97.8 cm³/mol. The number of methoxy groups -OCH3 is 1. The molecule has 0 saturated carbocycles. The molecule has 0 saturated heterocycles. The van der Waals surface area contributed by atoms with Crippen molar-refractivity contribution in [2.24, 2.45) is 5.92 Å². The van der Waals surface area contributed by atoms with Gasteiger partial charge in [-0.3, -0.25) is 9.59 Å². The fourth-order valence-electron chi connectivity index (χ4n) is 3.28. The van der Waals surface area contributed by atoms with Crippen LogP contribution >= 0.6 is 0 Å². The summed E-state index contributed by atoms with van der Waals surface area (Å²) in [6.07, 6.45) is 0.860. The number of rotatable bonds is 5. The number of benzene rings is 2. The quantitative estimate of drug-likeness (QED) is 0.620. The van der Waals surface area contributed by atoms with Gasteiger partial charge in [0.15, 0.2) is 6.29 Å². The molecule has 0 radical (unpaired) electrons. The van der Waals surface area contributed by atoms with Crippen LogP contribution in [0, 0.1) is 5.92 Å². The topological polar surface area (TPSA) is 93.1 Å². The zero-order valence-electron chi connectivity index (χ0n) is 15.2. The fraction of sp³-hybridized carbons (Fsp3) is 0.333. The molecule has 1 heterocycles. The Balaban J connectivity index is 1.84. The lowest BCUT2D eigenvalue weighted by atomic mass is 9.92. The monoisotopic (exact) mass is 370 g/mol. The number of esters is 1. The number of carbonyl (C=O) groups excluding carboxylic acids is 2. The molecule has 0 unspecified atom stereocenters. The Morgan fingerprint density at radius 3 is 2.78 bits per heavy atom. The lowest BCUT2D eigenvalue weighted by molar-refractivity contribution is -0.148. The molecule has 0 amide bonds. The van der Waals surface area contributed by atoms with E-state index in [1.807, 2.05) is 6.07 Å². The number of phenolic OH excluding ortho intramolecular Hbond substituents is 1. The van der Waals surface area contributed by atoms with Crippen molar-refractivity contribution in [3.05, 3.63) is 58.7 Å². The van der Waals surface area contributed by atoms with Crippen molar-refractivity contribution in [2.45, 2.75) is 32.0 Å². The number of ether oxygens (including phenoxy) is 2. The highest BCUT2D eigenvalue weighted by Crippen LogP contribution is 2.38. The molecule has 1 aliphatic rings. The van der Waals surface area contributed by atoms with Crippen LogP contribution in [0.1, 0.15) is 52.6 Å². The van der Waals surface area contributed by atoms with Gasteiger partial charge in [-0.15, -0.1) is 0 Å². The summed E-state index contributed by atoms with van der Waals surface area (Å²) in [4.78, 5) is 22.7. The summed E-state index contributed by atoms with van der Waals surface area (Å²) in [6, 6.07) is 10.3. The molecule has 27 heavy (non-hydrogen) atoms. The molecular weight excluding hydrogens is 348 g/mol. The Kier molecular flexibility index (Phi) is 5.46. The van der Waals surface area contributed by atoms with Crippen LogP contribution in [-0.4, -0.2) is 29.6 Å². The van der Waals surface area contributed by atoms with Crippen molar-refractivity contribution < 1.29 is 29.3 Å². The highest BCUT2D eigenvalue weighted by molar-refractivity contribution is 5.79. The first-order valence-corrected chi connectivity index (χ1v) is 8.78. The molecule has 142 valence electrons. The standard InChI is InChI=1S/C21H22O6/c1-12(21(25)26-2)20(24)15-4-3-13-6-8-18(27-19(13)10-15)14-5-7-17(23)16(9-14)11-22/h3-5,7,9-12,18,20,23-24H,6,8H2,1-2H3/t12-,18-,20+/m0/s1. The number of aromatic hydroxyl groups is 1. The van der Waals surface area contributed by atoms with E-state index >= 15 is 0 Å². The van der Waals surface area contributed by atoms with Gasteiger partial charge in [0.05, 0.1) is 24.7 Å². The van der Waals surface area contributed by atoms with E-state index in [9.17, 15) is 19.8 Å². The molecule has 3 atom stereocenters. The van der Waals surface area contributed by atoms with E-state index in [-0.39, 0.29) is 17.4 Å². The number of phenols is 1. The van der Waals surface area contributed by atoms with Gasteiger partial charge in [-0.1, -0.05) is 18.2 Å². The maximum Gasteiger partial charge on any atom is 0.311 e. The second-order valence-corrected chi connectivity index (χ2v) is 6.71. The van der Waals surface area contributed by atoms with Crippen molar-refractivity contribution in [1.82, 2.24) is 0 Å². The third-order valence-electron chi connectivity index (χ3n) is 4.97. The molecule has 0 aliphatic carbocycles. The molecule has 3 rings (SSSR count). The molecule has 6 heteroatoms. The lowest BCUT2D eigenvalue weighted by Gasteiger charge is -2.28. The van der Waals surface area contributed by atoms with Crippen LogP contribution in [0.25, 0.3) is 0 Å². The minimum absolute atomic E-state index is 0.0628. The third kappa shape index (κ3) is 3.80. The van der Waals surface area contributed by atoms with Gasteiger partial charge >= 0.3 is 5.97 Å². The summed E-state index contributed by atoms with van der Waals surface area (Å²) >= 11 is 0. The van der Waals surface area contributed by atoms with Crippen LogP contribution in [0.4, 0.5) is 0 Å². The van der Waals surface area contributed by atoms with Gasteiger partial charge in [0.25, 0.3) is 0 Å². The maximum absolute atomic E-state index is 11.7. The third-order valence-corrected chi connectivity index (χ3v) is 4.97. The minimum atomic E-state index is -0.998. The van der Waals surface area contributed by atoms with Crippen molar-refractivity contribution in [3.63, 3.8) is 0 Å². The van der Waals surface area contributed by atoms with Crippen molar-refractivity contribution >= 4 is 12.3 Å². The van der Waals surface area contributed by atoms with Crippen molar-refractivity contribution in [3.8, 4) is 11.5 Å². The molecule has 6 nitrogen and oxygen atoms in total. The molecule has 1 aliphatic heterocycles. The summed E-state index contributed by atoms with van der Waals surface area (Å²) in [5.74, 6) is -0.600. The van der Waals surface area contributed by atoms with Gasteiger partial charge in [0.1, 0.15) is 17.6 Å². The van der Waals surface area contributed by atoms with Crippen molar-refractivity contribution in [1.29, 1.82) is 0 Å². The maximum atomic E-state index is 11.7. The summed E-state index contributed by atoms with van der Waals surface area (Å²) in [5, 5.41) is 20.1. The molecular formula is C21H22O6. The lowest BCUT2D eigenvalue weighted by Crippen LogP contribution is -2.21. The normalized spacial score (nSPS) is 18.0. The van der Waals surface area contributed by atoms with Crippen molar-refractivity contribution in [2.75, 3.05) is 7.11 Å². The Labute approximate surface area is 157 Å². The van der Waals surface area contributed by atoms with Crippen LogP contribution in [0.15, 0.2) is 36.4 Å². The van der Waals surface area contributed by atoms with Crippen LogP contribution < -0.4 is 4.74 Å². The largest absolute Gasteiger partial charge is 0.507 e. The first-order valence-electron chi connectivity index (χ1n) is 8.78. The first-order chi connectivity index (χ1) is 12.9. The molecule has 0 aromatic heterocycles. The number of hydrogen-bond acceptors (Lipinski definition) is 6. The molecule has 2 aromatic carbocycles. The van der Waals surface area contributed by atoms with E-state index in [1.54, 1.807) is 31.2 Å². The molecule has 0 fully saturated rings. The number of aliphatic hydroxyl groups is 1. The molecule has 0 bridgehead atoms. The van der Waals surface area contributed by atoms with Crippen LogP contribution in [0.3, 0.4) is 0 Å². The Bertz CT molecular complexity index is 860. The molecule has 0 spiro atoms. The van der Waals surface area contributed by atoms with Gasteiger partial charge in [0, 0.05) is 0 Å². The average molecular weight is 370 g/mol. The van der Waals surface area contributed by atoms with E-state index in [0.29, 0.717) is 17.6 Å². The second kappa shape index (κ2) is 7.80. The number of fused-ring (bicyclic) bond motifs is 1. The number of aryl methyl sites for hydroxylation is 1. The number of aldehydes is 1. The summed E-state index contributed by atoms with van der Waals surface area (Å²) in [6.45, 7) is 1.61. The number of carbonyl (C=O) groups is 2. The Morgan fingerprint density at radius 1 is 1.30 bits per heavy atom. The first kappa shape index (κ1) is 18.9. The Morgan fingerprint density at radius 2 is 2.07 bits per heavy atom. The second-order valence-electron chi connectivity index (χ2n) is 6.71. The SMILES string of the molecule is COC(=O)[C@@H](C)[C@@H](O)c1ccc2c(c1)O[C@H](c1ccc(O)c(C=O)c1)CC2. The summed E-state index contributed by atoms with van der Waals surface area (Å²) in [7, 11) is 1.29.